The number of hydrogen-bond donors (Lipinski definition) is 3. The summed E-state index contributed by atoms with van der Waals surface area (Å²) >= 11 is 3.37. The van der Waals surface area contributed by atoms with E-state index in [1.165, 1.54) is 5.70 Å². The Morgan fingerprint density at radius 3 is 2.52 bits per heavy atom. The summed E-state index contributed by atoms with van der Waals surface area (Å²) < 4.78 is 6.32. The van der Waals surface area contributed by atoms with Gasteiger partial charge in [0.05, 0.1) is 18.0 Å². The first-order chi connectivity index (χ1) is 16.1. The molecule has 7 nitrogen and oxygen atoms in total. The van der Waals surface area contributed by atoms with Crippen LogP contribution in [0.5, 0.6) is 0 Å². The third-order valence-corrected chi connectivity index (χ3v) is 6.22. The number of benzene rings is 2. The predicted octanol–water partition coefficient (Wildman–Crippen LogP) is 4.96. The minimum Gasteiger partial charge on any atom is -0.449 e. The number of ether oxygens (including phenoxy) is 1. The third kappa shape index (κ3) is 6.38. The first-order valence-electron chi connectivity index (χ1n) is 11.0. The third-order valence-electron chi connectivity index (χ3n) is 5.73. The zero-order valence-corrected chi connectivity index (χ0v) is 19.8. The predicted molar refractivity (Wildman–Crippen MR) is 133 cm³/mol. The zero-order valence-electron chi connectivity index (χ0n) is 18.2. The summed E-state index contributed by atoms with van der Waals surface area (Å²) in [4.78, 5) is 27.4. The lowest BCUT2D eigenvalue weighted by Gasteiger charge is -2.34. The second-order valence-electron chi connectivity index (χ2n) is 8.03. The molecule has 2 amide bonds. The summed E-state index contributed by atoms with van der Waals surface area (Å²) in [7, 11) is 0. The van der Waals surface area contributed by atoms with Gasteiger partial charge in [0, 0.05) is 35.4 Å². The van der Waals surface area contributed by atoms with Crippen molar-refractivity contribution in [3.05, 3.63) is 82.6 Å². The van der Waals surface area contributed by atoms with Gasteiger partial charge in [0.1, 0.15) is 0 Å². The maximum Gasteiger partial charge on any atom is 0.411 e. The highest BCUT2D eigenvalue weighted by atomic mass is 79.9. The average molecular weight is 511 g/mol. The maximum absolute atomic E-state index is 12.6. The second kappa shape index (κ2) is 11.0. The second-order valence-corrected chi connectivity index (χ2v) is 8.95. The number of halogens is 1. The van der Waals surface area contributed by atoms with E-state index in [9.17, 15) is 9.59 Å². The summed E-state index contributed by atoms with van der Waals surface area (Å²) in [5.41, 5.74) is 2.78. The van der Waals surface area contributed by atoms with E-state index in [0.29, 0.717) is 29.5 Å². The smallest absolute Gasteiger partial charge is 0.411 e. The molecule has 172 valence electrons. The van der Waals surface area contributed by atoms with Crippen LogP contribution in [0, 0.1) is 5.92 Å². The molecule has 2 aromatic carbocycles. The molecule has 0 atom stereocenters. The molecule has 0 radical (unpaired) electrons. The Bertz CT molecular complexity index is 1060. The Balaban J connectivity index is 1.26. The molecular formula is C25H27BrN4O3. The number of nitrogens with zero attached hydrogens (tertiary/aromatic N) is 1. The lowest BCUT2D eigenvalue weighted by molar-refractivity contribution is 0.102. The highest BCUT2D eigenvalue weighted by Gasteiger charge is 2.22. The summed E-state index contributed by atoms with van der Waals surface area (Å²) in [6, 6.07) is 14.2. The van der Waals surface area contributed by atoms with Gasteiger partial charge in [-0.25, -0.2) is 4.79 Å². The summed E-state index contributed by atoms with van der Waals surface area (Å²) in [5, 5.41) is 8.77. The zero-order chi connectivity index (χ0) is 23.0. The Kier molecular flexibility index (Phi) is 7.67. The Morgan fingerprint density at radius 1 is 1.06 bits per heavy atom. The van der Waals surface area contributed by atoms with Crippen molar-refractivity contribution in [2.24, 2.45) is 5.92 Å². The molecule has 1 fully saturated rings. The van der Waals surface area contributed by atoms with Gasteiger partial charge < -0.3 is 20.3 Å². The number of carbonyl (C=O) groups is 2. The highest BCUT2D eigenvalue weighted by molar-refractivity contribution is 9.10. The Morgan fingerprint density at radius 2 is 1.82 bits per heavy atom. The lowest BCUT2D eigenvalue weighted by atomic mass is 9.97. The lowest BCUT2D eigenvalue weighted by Crippen LogP contribution is -2.35. The molecule has 0 aliphatic carbocycles. The summed E-state index contributed by atoms with van der Waals surface area (Å²) in [5.74, 6) is 0.0779. The fourth-order valence-electron chi connectivity index (χ4n) is 3.90. The van der Waals surface area contributed by atoms with E-state index in [2.05, 4.69) is 48.9 Å². The van der Waals surface area contributed by atoms with Gasteiger partial charge in [-0.3, -0.25) is 10.1 Å². The van der Waals surface area contributed by atoms with Crippen molar-refractivity contribution in [1.29, 1.82) is 0 Å². The largest absolute Gasteiger partial charge is 0.449 e. The van der Waals surface area contributed by atoms with Gasteiger partial charge in [0.2, 0.25) is 0 Å². The minimum absolute atomic E-state index is 0.260. The number of amides is 2. The van der Waals surface area contributed by atoms with E-state index in [1.54, 1.807) is 42.5 Å². The van der Waals surface area contributed by atoms with E-state index in [4.69, 9.17) is 4.74 Å². The van der Waals surface area contributed by atoms with Crippen LogP contribution in [-0.2, 0) is 4.74 Å². The fraction of sp³-hybridized carbons (Fsp3) is 0.280. The van der Waals surface area contributed by atoms with Gasteiger partial charge in [-0.1, -0.05) is 34.1 Å². The summed E-state index contributed by atoms with van der Waals surface area (Å²) in [6.07, 6.45) is 7.70. The SMILES string of the molecule is O=C(Nc1ccccc1NC(=O)c1cccc(Br)c1)OCC1CCN(C2=CCNC=C2)CC1. The number of para-hydroxylation sites is 2. The normalized spacial score (nSPS) is 15.9. The van der Waals surface area contributed by atoms with E-state index in [1.807, 2.05) is 12.3 Å². The van der Waals surface area contributed by atoms with Crippen molar-refractivity contribution in [2.45, 2.75) is 12.8 Å². The van der Waals surface area contributed by atoms with Crippen LogP contribution >= 0.6 is 15.9 Å². The van der Waals surface area contributed by atoms with Crippen molar-refractivity contribution in [3.63, 3.8) is 0 Å². The molecule has 2 aliphatic heterocycles. The van der Waals surface area contributed by atoms with Crippen LogP contribution in [0.25, 0.3) is 0 Å². The number of nitrogens with one attached hydrogen (secondary N) is 3. The Labute approximate surface area is 202 Å². The van der Waals surface area contributed by atoms with Crippen LogP contribution in [0.1, 0.15) is 23.2 Å². The molecule has 0 unspecified atom stereocenters. The topological polar surface area (TPSA) is 82.7 Å². The van der Waals surface area contributed by atoms with Crippen LogP contribution in [0.3, 0.4) is 0 Å². The quantitative estimate of drug-likeness (QED) is 0.511. The monoisotopic (exact) mass is 510 g/mol. The standard InChI is InChI=1S/C25H27BrN4O3/c26-20-5-3-4-19(16-20)24(31)28-22-6-1-2-7-23(22)29-25(32)33-17-18-10-14-30(15-11-18)21-8-12-27-13-9-21/h1-9,12,16,18,27H,10-11,13-15,17H2,(H,28,31)(H,29,32). The van der Waals surface area contributed by atoms with Crippen LogP contribution in [0.4, 0.5) is 16.2 Å². The number of anilines is 2. The van der Waals surface area contributed by atoms with Gasteiger partial charge in [0.25, 0.3) is 5.91 Å². The van der Waals surface area contributed by atoms with Crippen molar-refractivity contribution in [1.82, 2.24) is 10.2 Å². The number of carbonyl (C=O) groups excluding carboxylic acids is 2. The van der Waals surface area contributed by atoms with Crippen LogP contribution in [0.2, 0.25) is 0 Å². The number of allylic oxidation sites excluding steroid dienone is 1. The molecule has 1 saturated heterocycles. The fourth-order valence-corrected chi connectivity index (χ4v) is 4.30. The van der Waals surface area contributed by atoms with Gasteiger partial charge in [-0.2, -0.15) is 0 Å². The van der Waals surface area contributed by atoms with E-state index >= 15 is 0 Å². The van der Waals surface area contributed by atoms with Crippen molar-refractivity contribution >= 4 is 39.3 Å². The van der Waals surface area contributed by atoms with E-state index in [-0.39, 0.29) is 5.91 Å². The van der Waals surface area contributed by atoms with Crippen LogP contribution in [-0.4, -0.2) is 43.1 Å². The highest BCUT2D eigenvalue weighted by Crippen LogP contribution is 2.24. The number of piperidine rings is 1. The van der Waals surface area contributed by atoms with Gasteiger partial charge >= 0.3 is 6.09 Å². The minimum atomic E-state index is -0.523. The molecule has 0 saturated carbocycles. The molecule has 0 aromatic heterocycles. The van der Waals surface area contributed by atoms with Crippen LogP contribution < -0.4 is 16.0 Å². The molecule has 0 bridgehead atoms. The summed E-state index contributed by atoms with van der Waals surface area (Å²) in [6.45, 7) is 3.15. The van der Waals surface area contributed by atoms with Crippen molar-refractivity contribution in [2.75, 3.05) is 36.9 Å². The molecule has 33 heavy (non-hydrogen) atoms. The molecular weight excluding hydrogens is 484 g/mol. The van der Waals surface area contributed by atoms with Gasteiger partial charge in [-0.05, 0) is 67.4 Å². The number of rotatable bonds is 6. The maximum atomic E-state index is 12.6. The molecule has 2 aliphatic rings. The van der Waals surface area contributed by atoms with Crippen LogP contribution in [0.15, 0.2) is 77.1 Å². The van der Waals surface area contributed by atoms with Crippen molar-refractivity contribution in [3.8, 4) is 0 Å². The molecule has 0 spiro atoms. The van der Waals surface area contributed by atoms with Gasteiger partial charge in [-0.15, -0.1) is 0 Å². The molecule has 8 heteroatoms. The first kappa shape index (κ1) is 22.9. The number of hydrogen-bond acceptors (Lipinski definition) is 5. The van der Waals surface area contributed by atoms with Crippen molar-refractivity contribution < 1.29 is 14.3 Å². The number of dihydropyridines is 1. The molecule has 3 N–H and O–H groups in total. The molecule has 2 aromatic rings. The first-order valence-corrected chi connectivity index (χ1v) is 11.8. The van der Waals surface area contributed by atoms with Gasteiger partial charge in [0.15, 0.2) is 0 Å². The average Bonchev–Trinajstić information content (AvgIpc) is 2.85. The Hall–Kier alpha value is -3.26. The van der Waals surface area contributed by atoms with E-state index in [0.717, 1.165) is 36.9 Å². The molecule has 4 rings (SSSR count). The molecule has 2 heterocycles. The number of likely N-dealkylation sites (tertiary alicyclic amines) is 1. The van der Waals surface area contributed by atoms with E-state index < -0.39 is 6.09 Å².